The van der Waals surface area contributed by atoms with E-state index in [0.29, 0.717) is 6.54 Å². The molecule has 1 saturated heterocycles. The SMILES string of the molecule is O=C1CN(Cc2cccnc2)C(=O)N1. The molecule has 2 rings (SSSR count). The number of amides is 3. The maximum Gasteiger partial charge on any atom is 0.324 e. The molecular weight excluding hydrogens is 182 g/mol. The number of imide groups is 1. The van der Waals surface area contributed by atoms with Crippen LogP contribution in [0.25, 0.3) is 0 Å². The highest BCUT2D eigenvalue weighted by Gasteiger charge is 2.26. The topological polar surface area (TPSA) is 62.3 Å². The first-order valence-corrected chi connectivity index (χ1v) is 4.23. The number of aromatic nitrogens is 1. The molecule has 1 aromatic heterocycles. The summed E-state index contributed by atoms with van der Waals surface area (Å²) in [5.74, 6) is -0.251. The fraction of sp³-hybridized carbons (Fsp3) is 0.222. The van der Waals surface area contributed by atoms with E-state index in [1.165, 1.54) is 4.90 Å². The summed E-state index contributed by atoms with van der Waals surface area (Å²) >= 11 is 0. The van der Waals surface area contributed by atoms with Gasteiger partial charge in [0.05, 0.1) is 0 Å². The summed E-state index contributed by atoms with van der Waals surface area (Å²) in [7, 11) is 0. The minimum atomic E-state index is -0.334. The molecule has 1 fully saturated rings. The molecule has 5 nitrogen and oxygen atoms in total. The van der Waals surface area contributed by atoms with Gasteiger partial charge in [-0.05, 0) is 11.6 Å². The molecule has 1 aromatic rings. The van der Waals surface area contributed by atoms with Crippen molar-refractivity contribution in [2.45, 2.75) is 6.54 Å². The quantitative estimate of drug-likeness (QED) is 0.676. The van der Waals surface area contributed by atoms with E-state index in [-0.39, 0.29) is 18.5 Å². The zero-order valence-corrected chi connectivity index (χ0v) is 7.43. The smallest absolute Gasteiger partial charge is 0.311 e. The Morgan fingerprint density at radius 3 is 2.93 bits per heavy atom. The molecule has 0 aromatic carbocycles. The van der Waals surface area contributed by atoms with Gasteiger partial charge in [-0.15, -0.1) is 0 Å². The second kappa shape index (κ2) is 3.45. The molecule has 0 aliphatic carbocycles. The molecular formula is C9H9N3O2. The van der Waals surface area contributed by atoms with E-state index in [4.69, 9.17) is 0 Å². The summed E-state index contributed by atoms with van der Waals surface area (Å²) in [5.41, 5.74) is 0.914. The van der Waals surface area contributed by atoms with Crippen LogP contribution in [0.3, 0.4) is 0 Å². The van der Waals surface area contributed by atoms with Crippen LogP contribution in [0.1, 0.15) is 5.56 Å². The van der Waals surface area contributed by atoms with Crippen LogP contribution < -0.4 is 5.32 Å². The Morgan fingerprint density at radius 2 is 2.36 bits per heavy atom. The van der Waals surface area contributed by atoms with Crippen LogP contribution in [0.2, 0.25) is 0 Å². The molecule has 0 spiro atoms. The molecule has 72 valence electrons. The third-order valence-corrected chi connectivity index (χ3v) is 1.96. The number of nitrogens with one attached hydrogen (secondary N) is 1. The lowest BCUT2D eigenvalue weighted by Crippen LogP contribution is -2.27. The zero-order chi connectivity index (χ0) is 9.97. The Labute approximate surface area is 80.7 Å². The van der Waals surface area contributed by atoms with Crippen molar-refractivity contribution in [1.29, 1.82) is 0 Å². The minimum absolute atomic E-state index is 0.133. The number of carbonyl (C=O) groups excluding carboxylic acids is 2. The van der Waals surface area contributed by atoms with Gasteiger partial charge < -0.3 is 4.90 Å². The average molecular weight is 191 g/mol. The van der Waals surface area contributed by atoms with Crippen molar-refractivity contribution in [3.63, 3.8) is 0 Å². The van der Waals surface area contributed by atoms with Crippen LogP contribution in [-0.4, -0.2) is 28.4 Å². The molecule has 1 N–H and O–H groups in total. The van der Waals surface area contributed by atoms with Gasteiger partial charge in [0.15, 0.2) is 0 Å². The fourth-order valence-electron chi connectivity index (χ4n) is 1.32. The molecule has 1 aliphatic rings. The summed E-state index contributed by atoms with van der Waals surface area (Å²) in [6, 6.07) is 3.33. The molecule has 1 aliphatic heterocycles. The highest BCUT2D eigenvalue weighted by Crippen LogP contribution is 2.05. The van der Waals surface area contributed by atoms with Gasteiger partial charge in [0.2, 0.25) is 5.91 Å². The highest BCUT2D eigenvalue weighted by atomic mass is 16.2. The fourth-order valence-corrected chi connectivity index (χ4v) is 1.32. The summed E-state index contributed by atoms with van der Waals surface area (Å²) in [6.45, 7) is 0.555. The van der Waals surface area contributed by atoms with E-state index in [0.717, 1.165) is 5.56 Å². The third-order valence-electron chi connectivity index (χ3n) is 1.96. The van der Waals surface area contributed by atoms with Crippen LogP contribution in [0, 0.1) is 0 Å². The van der Waals surface area contributed by atoms with E-state index in [2.05, 4.69) is 10.3 Å². The first-order chi connectivity index (χ1) is 6.75. The summed E-state index contributed by atoms with van der Waals surface area (Å²) < 4.78 is 0. The van der Waals surface area contributed by atoms with Gasteiger partial charge in [0, 0.05) is 18.9 Å². The van der Waals surface area contributed by atoms with E-state index in [1.54, 1.807) is 18.5 Å². The van der Waals surface area contributed by atoms with Crippen molar-refractivity contribution >= 4 is 11.9 Å². The van der Waals surface area contributed by atoms with Crippen molar-refractivity contribution < 1.29 is 9.59 Å². The number of pyridine rings is 1. The lowest BCUT2D eigenvalue weighted by atomic mass is 10.3. The van der Waals surface area contributed by atoms with Crippen molar-refractivity contribution in [2.75, 3.05) is 6.54 Å². The third kappa shape index (κ3) is 1.71. The molecule has 5 heteroatoms. The maximum atomic E-state index is 11.2. The largest absolute Gasteiger partial charge is 0.324 e. The maximum absolute atomic E-state index is 11.2. The Kier molecular flexibility index (Phi) is 2.14. The number of hydrogen-bond donors (Lipinski definition) is 1. The molecule has 0 atom stereocenters. The van der Waals surface area contributed by atoms with Crippen LogP contribution in [0.5, 0.6) is 0 Å². The first kappa shape index (κ1) is 8.68. The van der Waals surface area contributed by atoms with E-state index in [9.17, 15) is 9.59 Å². The number of nitrogens with zero attached hydrogens (tertiary/aromatic N) is 2. The van der Waals surface area contributed by atoms with E-state index >= 15 is 0 Å². The lowest BCUT2D eigenvalue weighted by molar-refractivity contribution is -0.118. The average Bonchev–Trinajstić information content (AvgIpc) is 2.47. The Bertz CT molecular complexity index is 364. The number of urea groups is 1. The second-order valence-corrected chi connectivity index (χ2v) is 3.07. The summed E-state index contributed by atoms with van der Waals surface area (Å²) in [6.07, 6.45) is 3.34. The normalized spacial score (nSPS) is 15.9. The predicted octanol–water partition coefficient (Wildman–Crippen LogP) is 0.133. The summed E-state index contributed by atoms with van der Waals surface area (Å²) in [5, 5.41) is 2.21. The molecule has 2 heterocycles. The molecule has 3 amide bonds. The molecule has 0 unspecified atom stereocenters. The van der Waals surface area contributed by atoms with Gasteiger partial charge in [-0.1, -0.05) is 6.07 Å². The van der Waals surface area contributed by atoms with Gasteiger partial charge in [-0.25, -0.2) is 4.79 Å². The van der Waals surface area contributed by atoms with Gasteiger partial charge in [-0.3, -0.25) is 15.1 Å². The first-order valence-electron chi connectivity index (χ1n) is 4.23. The van der Waals surface area contributed by atoms with Crippen molar-refractivity contribution in [3.05, 3.63) is 30.1 Å². The Balaban J connectivity index is 2.05. The van der Waals surface area contributed by atoms with Crippen molar-refractivity contribution in [3.8, 4) is 0 Å². The van der Waals surface area contributed by atoms with E-state index in [1.807, 2.05) is 6.07 Å². The Hall–Kier alpha value is -1.91. The highest BCUT2D eigenvalue weighted by molar-refractivity contribution is 6.01. The minimum Gasteiger partial charge on any atom is -0.311 e. The number of rotatable bonds is 2. The monoisotopic (exact) mass is 191 g/mol. The van der Waals surface area contributed by atoms with Gasteiger partial charge in [0.1, 0.15) is 6.54 Å². The Morgan fingerprint density at radius 1 is 1.50 bits per heavy atom. The van der Waals surface area contributed by atoms with Crippen molar-refractivity contribution in [1.82, 2.24) is 15.2 Å². The number of hydrogen-bond acceptors (Lipinski definition) is 3. The molecule has 0 radical (unpaired) electrons. The lowest BCUT2D eigenvalue weighted by Gasteiger charge is -2.11. The molecule has 14 heavy (non-hydrogen) atoms. The van der Waals surface area contributed by atoms with E-state index < -0.39 is 0 Å². The van der Waals surface area contributed by atoms with Crippen LogP contribution in [0.15, 0.2) is 24.5 Å². The van der Waals surface area contributed by atoms with Gasteiger partial charge in [0.25, 0.3) is 0 Å². The van der Waals surface area contributed by atoms with Crippen LogP contribution in [-0.2, 0) is 11.3 Å². The van der Waals surface area contributed by atoms with Crippen LogP contribution in [0.4, 0.5) is 4.79 Å². The standard InChI is InChI=1S/C9H9N3O2/c13-8-6-12(9(14)11-8)5-7-2-1-3-10-4-7/h1-4H,5-6H2,(H,11,13,14). The zero-order valence-electron chi connectivity index (χ0n) is 7.43. The van der Waals surface area contributed by atoms with Gasteiger partial charge in [-0.2, -0.15) is 0 Å². The summed E-state index contributed by atoms with van der Waals surface area (Å²) in [4.78, 5) is 27.4. The van der Waals surface area contributed by atoms with Crippen molar-refractivity contribution in [2.24, 2.45) is 0 Å². The number of carbonyl (C=O) groups is 2. The predicted molar refractivity (Wildman–Crippen MR) is 48.2 cm³/mol. The second-order valence-electron chi connectivity index (χ2n) is 3.07. The van der Waals surface area contributed by atoms with Gasteiger partial charge >= 0.3 is 6.03 Å². The van der Waals surface area contributed by atoms with Crippen LogP contribution >= 0.6 is 0 Å². The molecule has 0 bridgehead atoms. The molecule has 0 saturated carbocycles.